The fraction of sp³-hybridized carbons (Fsp3) is 0.704. The van der Waals surface area contributed by atoms with E-state index in [2.05, 4.69) is 17.2 Å². The van der Waals surface area contributed by atoms with Gasteiger partial charge in [0.1, 0.15) is 0 Å². The van der Waals surface area contributed by atoms with E-state index in [-0.39, 0.29) is 23.3 Å². The van der Waals surface area contributed by atoms with E-state index in [9.17, 15) is 36.2 Å². The second-order valence-electron chi connectivity index (χ2n) is 11.9. The molecule has 0 radical (unpaired) electrons. The van der Waals surface area contributed by atoms with Crippen molar-refractivity contribution in [2.75, 3.05) is 0 Å². The van der Waals surface area contributed by atoms with Gasteiger partial charge in [0.25, 0.3) is 0 Å². The zero-order valence-corrected chi connectivity index (χ0v) is 20.8. The molecule has 1 amide bonds. The first-order chi connectivity index (χ1) is 17.1. The summed E-state index contributed by atoms with van der Waals surface area (Å²) in [5, 5.41) is 16.5. The van der Waals surface area contributed by atoms with Crippen LogP contribution in [0, 0.1) is 34.5 Å². The van der Waals surface area contributed by atoms with Crippen molar-refractivity contribution in [3.05, 3.63) is 29.3 Å². The summed E-state index contributed by atoms with van der Waals surface area (Å²) in [5.74, 6) is -0.399. The van der Waals surface area contributed by atoms with Crippen molar-refractivity contribution in [1.29, 1.82) is 0 Å². The van der Waals surface area contributed by atoms with Gasteiger partial charge in [-0.3, -0.25) is 9.79 Å². The number of carbonyl (C=O) groups is 1. The SMILES string of the molecule is C[C@]12CCC(=O)NC1CCC1C2CC[C@@]2(C)C1CC[C@@H]2C([O-])=Nc1cc(C(F)(F)F)ccc1C(F)(F)F. The Labute approximate surface area is 211 Å². The number of benzene rings is 1. The Bertz CT molecular complexity index is 1120. The van der Waals surface area contributed by atoms with E-state index in [0.717, 1.165) is 32.1 Å². The normalized spacial score (nSPS) is 38.4. The van der Waals surface area contributed by atoms with Gasteiger partial charge in [-0.2, -0.15) is 26.3 Å². The van der Waals surface area contributed by atoms with Crippen molar-refractivity contribution < 1.29 is 36.2 Å². The number of fused-ring (bicyclic) bond motifs is 5. The maximum Gasteiger partial charge on any atom is 0.418 e. The molecule has 3 saturated carbocycles. The molecule has 4 unspecified atom stereocenters. The first kappa shape index (κ1) is 26.4. The number of alkyl halides is 6. The molecule has 0 spiro atoms. The summed E-state index contributed by atoms with van der Waals surface area (Å²) >= 11 is 0. The minimum Gasteiger partial charge on any atom is -0.861 e. The molecule has 4 nitrogen and oxygen atoms in total. The molecular formula is C27H31F6N2O2-. The highest BCUT2D eigenvalue weighted by molar-refractivity contribution is 5.80. The second kappa shape index (κ2) is 8.63. The number of hydrogen-bond acceptors (Lipinski definition) is 3. The third-order valence-electron chi connectivity index (χ3n) is 10.3. The molecular weight excluding hydrogens is 498 g/mol. The summed E-state index contributed by atoms with van der Waals surface area (Å²) in [6, 6.07) is 1.17. The molecule has 4 aliphatic rings. The van der Waals surface area contributed by atoms with Crippen LogP contribution in [-0.2, 0) is 17.1 Å². The fourth-order valence-corrected chi connectivity index (χ4v) is 8.34. The molecule has 1 aromatic carbocycles. The number of rotatable bonds is 2. The lowest BCUT2D eigenvalue weighted by molar-refractivity contribution is -0.229. The van der Waals surface area contributed by atoms with Crippen LogP contribution in [0.25, 0.3) is 0 Å². The largest absolute Gasteiger partial charge is 0.861 e. The van der Waals surface area contributed by atoms with Crippen LogP contribution >= 0.6 is 0 Å². The molecule has 1 heterocycles. The van der Waals surface area contributed by atoms with Crippen molar-refractivity contribution in [1.82, 2.24) is 5.32 Å². The molecule has 10 heteroatoms. The number of halogens is 6. The lowest BCUT2D eigenvalue weighted by Crippen LogP contribution is -2.61. The first-order valence-corrected chi connectivity index (χ1v) is 13.0. The molecule has 1 N–H and O–H groups in total. The quantitative estimate of drug-likeness (QED) is 0.280. The van der Waals surface area contributed by atoms with E-state index in [4.69, 9.17) is 0 Å². The van der Waals surface area contributed by atoms with Gasteiger partial charge in [0.15, 0.2) is 0 Å². The van der Waals surface area contributed by atoms with Crippen LogP contribution in [0.1, 0.15) is 76.3 Å². The predicted molar refractivity (Wildman–Crippen MR) is 123 cm³/mol. The third kappa shape index (κ3) is 4.32. The van der Waals surface area contributed by atoms with Crippen LogP contribution in [0.4, 0.5) is 32.0 Å². The summed E-state index contributed by atoms with van der Waals surface area (Å²) in [5.41, 5.74) is -4.08. The minimum absolute atomic E-state index is 0.0235. The average molecular weight is 530 g/mol. The lowest BCUT2D eigenvalue weighted by atomic mass is 9.47. The standard InChI is InChI=1S/C27H32F6N2O2/c1-24-11-9-17-15(4-8-21-25(17,2)12-10-22(36)35-21)16(24)6-7-19(24)23(37)34-20-13-14(26(28,29)30)3-5-18(20)27(31,32)33/h3,5,13,15-17,19,21H,4,6-12H2,1-2H3,(H,34,37)(H,35,36)/p-1/t15?,16?,17?,19-,21?,24+,25-/m1/s1. The van der Waals surface area contributed by atoms with E-state index in [1.807, 2.05) is 6.92 Å². The van der Waals surface area contributed by atoms with E-state index in [1.165, 1.54) is 0 Å². The van der Waals surface area contributed by atoms with Gasteiger partial charge in [-0.15, -0.1) is 0 Å². The molecule has 204 valence electrons. The molecule has 4 fully saturated rings. The third-order valence-corrected chi connectivity index (χ3v) is 10.3. The van der Waals surface area contributed by atoms with E-state index >= 15 is 0 Å². The van der Waals surface area contributed by atoms with Gasteiger partial charge in [0.05, 0.1) is 16.8 Å². The topological polar surface area (TPSA) is 64.5 Å². The van der Waals surface area contributed by atoms with Crippen molar-refractivity contribution in [3.8, 4) is 0 Å². The van der Waals surface area contributed by atoms with E-state index in [1.54, 1.807) is 0 Å². The van der Waals surface area contributed by atoms with Crippen molar-refractivity contribution >= 4 is 17.5 Å². The number of piperidine rings is 1. The highest BCUT2D eigenvalue weighted by atomic mass is 19.4. The number of nitrogens with zero attached hydrogens (tertiary/aromatic N) is 1. The predicted octanol–water partition coefficient (Wildman–Crippen LogP) is 6.25. The molecule has 5 rings (SSSR count). The van der Waals surface area contributed by atoms with Gasteiger partial charge in [0.2, 0.25) is 5.91 Å². The van der Waals surface area contributed by atoms with Gasteiger partial charge in [-0.05, 0) is 104 Å². The highest BCUT2D eigenvalue weighted by Crippen LogP contribution is 2.65. The lowest BCUT2D eigenvalue weighted by Gasteiger charge is -2.60. The number of hydrogen-bond donors (Lipinski definition) is 1. The van der Waals surface area contributed by atoms with Crippen LogP contribution < -0.4 is 10.4 Å². The van der Waals surface area contributed by atoms with Crippen LogP contribution in [0.15, 0.2) is 23.2 Å². The molecule has 3 aliphatic carbocycles. The van der Waals surface area contributed by atoms with E-state index < -0.39 is 46.4 Å². The Balaban J connectivity index is 1.44. The molecule has 0 bridgehead atoms. The molecule has 1 aromatic rings. The molecule has 1 aliphatic heterocycles. The van der Waals surface area contributed by atoms with Gasteiger partial charge in [0, 0.05) is 12.5 Å². The monoisotopic (exact) mass is 529 g/mol. The van der Waals surface area contributed by atoms with E-state index in [0.29, 0.717) is 49.3 Å². The molecule has 1 saturated heterocycles. The Hall–Kier alpha value is -2.26. The summed E-state index contributed by atoms with van der Waals surface area (Å²) in [6.45, 7) is 4.25. The highest BCUT2D eigenvalue weighted by Gasteiger charge is 2.60. The summed E-state index contributed by atoms with van der Waals surface area (Å²) in [6.07, 6.45) is -3.95. The van der Waals surface area contributed by atoms with Crippen molar-refractivity contribution in [2.45, 2.75) is 83.6 Å². The van der Waals surface area contributed by atoms with Crippen LogP contribution in [0.5, 0.6) is 0 Å². The van der Waals surface area contributed by atoms with Crippen molar-refractivity contribution in [3.63, 3.8) is 0 Å². The zero-order chi connectivity index (χ0) is 27.0. The zero-order valence-electron chi connectivity index (χ0n) is 20.8. The second-order valence-corrected chi connectivity index (χ2v) is 11.9. The van der Waals surface area contributed by atoms with Crippen LogP contribution in [-0.4, -0.2) is 17.8 Å². The molecule has 37 heavy (non-hydrogen) atoms. The van der Waals surface area contributed by atoms with Crippen LogP contribution in [0.3, 0.4) is 0 Å². The summed E-state index contributed by atoms with van der Waals surface area (Å²) in [4.78, 5) is 15.7. The fourth-order valence-electron chi connectivity index (χ4n) is 8.34. The molecule has 7 atom stereocenters. The Kier molecular flexibility index (Phi) is 6.15. The maximum absolute atomic E-state index is 13.6. The Morgan fingerprint density at radius 1 is 0.946 bits per heavy atom. The Morgan fingerprint density at radius 2 is 1.65 bits per heavy atom. The number of amides is 1. The summed E-state index contributed by atoms with van der Waals surface area (Å²) < 4.78 is 80.3. The van der Waals surface area contributed by atoms with Gasteiger partial charge in [-0.1, -0.05) is 13.8 Å². The Morgan fingerprint density at radius 3 is 2.32 bits per heavy atom. The maximum atomic E-state index is 13.6. The minimum atomic E-state index is -4.94. The van der Waals surface area contributed by atoms with Crippen molar-refractivity contribution in [2.24, 2.45) is 39.5 Å². The average Bonchev–Trinajstić information content (AvgIpc) is 3.15. The van der Waals surface area contributed by atoms with Crippen LogP contribution in [0.2, 0.25) is 0 Å². The van der Waals surface area contributed by atoms with Gasteiger partial charge < -0.3 is 10.4 Å². The summed E-state index contributed by atoms with van der Waals surface area (Å²) in [7, 11) is 0. The van der Waals surface area contributed by atoms with Gasteiger partial charge >= 0.3 is 12.4 Å². The number of nitrogens with one attached hydrogen (secondary N) is 1. The first-order valence-electron chi connectivity index (χ1n) is 13.0. The molecule has 0 aromatic heterocycles. The smallest absolute Gasteiger partial charge is 0.418 e. The van der Waals surface area contributed by atoms with Gasteiger partial charge in [-0.25, -0.2) is 0 Å². The number of aliphatic imine (C=N–C) groups is 1. The number of carbonyl (C=O) groups excluding carboxylic acids is 1.